The molecule has 0 aromatic carbocycles. The topological polar surface area (TPSA) is 0 Å². The van der Waals surface area contributed by atoms with Gasteiger partial charge in [0.05, 0.1) is 0 Å². The Labute approximate surface area is 77.4 Å². The van der Waals surface area contributed by atoms with Crippen LogP contribution in [0.15, 0.2) is 23.8 Å². The predicted octanol–water partition coefficient (Wildman–Crippen LogP) is 4.19. The highest BCUT2D eigenvalue weighted by Crippen LogP contribution is 2.26. The van der Waals surface area contributed by atoms with Gasteiger partial charge in [-0.3, -0.25) is 0 Å². The molecule has 0 saturated heterocycles. The fraction of sp³-hybridized carbons (Fsp3) is 0.667. The van der Waals surface area contributed by atoms with E-state index in [-0.39, 0.29) is 0 Å². The van der Waals surface area contributed by atoms with Gasteiger partial charge in [0.2, 0.25) is 0 Å². The molecule has 0 amide bonds. The third-order valence-electron chi connectivity index (χ3n) is 2.57. The number of rotatable bonds is 4. The van der Waals surface area contributed by atoms with Crippen LogP contribution in [-0.4, -0.2) is 0 Å². The van der Waals surface area contributed by atoms with Gasteiger partial charge in [-0.15, -0.1) is 6.58 Å². The molecule has 0 N–H and O–H groups in total. The van der Waals surface area contributed by atoms with Gasteiger partial charge in [-0.25, -0.2) is 0 Å². The summed E-state index contributed by atoms with van der Waals surface area (Å²) >= 11 is 0. The van der Waals surface area contributed by atoms with Gasteiger partial charge in [0, 0.05) is 0 Å². The number of hydrogen-bond acceptors (Lipinski definition) is 0. The van der Waals surface area contributed by atoms with Crippen LogP contribution < -0.4 is 0 Å². The average molecular weight is 166 g/mol. The van der Waals surface area contributed by atoms with Crippen LogP contribution in [0.3, 0.4) is 0 Å². The lowest BCUT2D eigenvalue weighted by Gasteiger charge is -2.21. The molecule has 0 aromatic rings. The fourth-order valence-corrected chi connectivity index (χ4v) is 1.50. The summed E-state index contributed by atoms with van der Waals surface area (Å²) in [6.45, 7) is 15.0. The highest BCUT2D eigenvalue weighted by atomic mass is 14.2. The first kappa shape index (κ1) is 11.5. The molecule has 0 nitrogen and oxygen atoms in total. The van der Waals surface area contributed by atoms with E-state index in [2.05, 4.69) is 41.2 Å². The minimum absolute atomic E-state index is 0.687. The highest BCUT2D eigenvalue weighted by Gasteiger charge is 2.13. The van der Waals surface area contributed by atoms with Gasteiger partial charge in [-0.2, -0.15) is 0 Å². The second-order valence-electron chi connectivity index (χ2n) is 4.06. The third-order valence-corrected chi connectivity index (χ3v) is 2.57. The lowest BCUT2D eigenvalue weighted by atomic mass is 9.84. The molecule has 1 atom stereocenters. The first-order valence-electron chi connectivity index (χ1n) is 4.75. The molecule has 0 rings (SSSR count). The maximum absolute atomic E-state index is 3.80. The molecule has 0 aliphatic rings. The maximum atomic E-state index is 3.80. The quantitative estimate of drug-likeness (QED) is 0.549. The summed E-state index contributed by atoms with van der Waals surface area (Å²) in [5.41, 5.74) is 2.99. The molecule has 70 valence electrons. The van der Waals surface area contributed by atoms with E-state index < -0.39 is 0 Å². The Kier molecular flexibility index (Phi) is 4.96. The molecule has 0 radical (unpaired) electrons. The lowest BCUT2D eigenvalue weighted by molar-refractivity contribution is 0.444. The van der Waals surface area contributed by atoms with Crippen molar-refractivity contribution in [1.82, 2.24) is 0 Å². The van der Waals surface area contributed by atoms with Crippen LogP contribution in [0.1, 0.15) is 41.0 Å². The summed E-state index contributed by atoms with van der Waals surface area (Å²) in [6, 6.07) is 0. The van der Waals surface area contributed by atoms with Crippen LogP contribution in [0.2, 0.25) is 0 Å². The van der Waals surface area contributed by atoms with Gasteiger partial charge in [-0.05, 0) is 39.0 Å². The minimum Gasteiger partial charge on any atom is -0.103 e. The van der Waals surface area contributed by atoms with Gasteiger partial charge < -0.3 is 0 Å². The van der Waals surface area contributed by atoms with Crippen molar-refractivity contribution in [2.24, 2.45) is 11.8 Å². The average Bonchev–Trinajstić information content (AvgIpc) is 1.98. The van der Waals surface area contributed by atoms with E-state index in [9.17, 15) is 0 Å². The van der Waals surface area contributed by atoms with Gasteiger partial charge in [-0.1, -0.05) is 31.1 Å². The first-order chi connectivity index (χ1) is 5.50. The SMILES string of the molecule is C=CC[C@H](C(C)=C(C)C)C(C)C. The predicted molar refractivity (Wildman–Crippen MR) is 57.2 cm³/mol. The van der Waals surface area contributed by atoms with Crippen molar-refractivity contribution in [2.75, 3.05) is 0 Å². The Hall–Kier alpha value is -0.520. The Morgan fingerprint density at radius 2 is 1.75 bits per heavy atom. The molecule has 0 unspecified atom stereocenters. The van der Waals surface area contributed by atoms with Crippen molar-refractivity contribution >= 4 is 0 Å². The molecular weight excluding hydrogens is 144 g/mol. The normalized spacial score (nSPS) is 12.8. The van der Waals surface area contributed by atoms with Gasteiger partial charge in [0.25, 0.3) is 0 Å². The molecule has 0 bridgehead atoms. The fourth-order valence-electron chi connectivity index (χ4n) is 1.50. The summed E-state index contributed by atoms with van der Waals surface area (Å²) in [5.74, 6) is 1.41. The van der Waals surface area contributed by atoms with E-state index in [1.807, 2.05) is 6.08 Å². The second kappa shape index (κ2) is 5.18. The molecule has 0 heterocycles. The monoisotopic (exact) mass is 166 g/mol. The Morgan fingerprint density at radius 1 is 1.25 bits per heavy atom. The third kappa shape index (κ3) is 3.25. The zero-order valence-corrected chi connectivity index (χ0v) is 9.15. The molecule has 0 aliphatic carbocycles. The molecule has 0 saturated carbocycles. The maximum Gasteiger partial charge on any atom is -0.0146 e. The van der Waals surface area contributed by atoms with Crippen LogP contribution >= 0.6 is 0 Å². The molecule has 0 heteroatoms. The van der Waals surface area contributed by atoms with E-state index >= 15 is 0 Å². The molecule has 0 aliphatic heterocycles. The molecule has 0 fully saturated rings. The van der Waals surface area contributed by atoms with Crippen molar-refractivity contribution in [3.05, 3.63) is 23.8 Å². The number of allylic oxidation sites excluding steroid dienone is 3. The largest absolute Gasteiger partial charge is 0.103 e. The van der Waals surface area contributed by atoms with Crippen molar-refractivity contribution < 1.29 is 0 Å². The van der Waals surface area contributed by atoms with Crippen LogP contribution in [0.5, 0.6) is 0 Å². The van der Waals surface area contributed by atoms with Crippen LogP contribution in [-0.2, 0) is 0 Å². The van der Waals surface area contributed by atoms with E-state index in [4.69, 9.17) is 0 Å². The van der Waals surface area contributed by atoms with Gasteiger partial charge >= 0.3 is 0 Å². The van der Waals surface area contributed by atoms with Crippen LogP contribution in [0.25, 0.3) is 0 Å². The lowest BCUT2D eigenvalue weighted by Crippen LogP contribution is -2.10. The van der Waals surface area contributed by atoms with Crippen molar-refractivity contribution in [3.63, 3.8) is 0 Å². The minimum atomic E-state index is 0.687. The Balaban J connectivity index is 4.51. The van der Waals surface area contributed by atoms with Crippen molar-refractivity contribution in [1.29, 1.82) is 0 Å². The van der Waals surface area contributed by atoms with Crippen LogP contribution in [0, 0.1) is 11.8 Å². The van der Waals surface area contributed by atoms with Crippen molar-refractivity contribution in [3.8, 4) is 0 Å². The molecular formula is C12H22. The highest BCUT2D eigenvalue weighted by molar-refractivity contribution is 5.12. The summed E-state index contributed by atoms with van der Waals surface area (Å²) in [5, 5.41) is 0. The smallest absolute Gasteiger partial charge is 0.0146 e. The zero-order valence-electron chi connectivity index (χ0n) is 9.15. The Morgan fingerprint density at radius 3 is 2.00 bits per heavy atom. The van der Waals surface area contributed by atoms with Gasteiger partial charge in [0.1, 0.15) is 0 Å². The Bertz CT molecular complexity index is 168. The summed E-state index contributed by atoms with van der Waals surface area (Å²) in [6.07, 6.45) is 3.13. The van der Waals surface area contributed by atoms with Crippen molar-refractivity contribution in [2.45, 2.75) is 41.0 Å². The van der Waals surface area contributed by atoms with E-state index in [0.29, 0.717) is 5.92 Å². The van der Waals surface area contributed by atoms with E-state index in [1.165, 1.54) is 11.1 Å². The first-order valence-corrected chi connectivity index (χ1v) is 4.75. The molecule has 0 aromatic heterocycles. The van der Waals surface area contributed by atoms with E-state index in [0.717, 1.165) is 12.3 Å². The second-order valence-corrected chi connectivity index (χ2v) is 4.06. The summed E-state index contributed by atoms with van der Waals surface area (Å²) in [4.78, 5) is 0. The zero-order chi connectivity index (χ0) is 9.72. The molecule has 0 spiro atoms. The molecule has 12 heavy (non-hydrogen) atoms. The summed E-state index contributed by atoms with van der Waals surface area (Å²) < 4.78 is 0. The summed E-state index contributed by atoms with van der Waals surface area (Å²) in [7, 11) is 0. The standard InChI is InChI=1S/C12H22/c1-7-8-12(10(4)5)11(6)9(2)3/h7,10,12H,1,8H2,2-6H3/t12-/m0/s1. The van der Waals surface area contributed by atoms with E-state index in [1.54, 1.807) is 0 Å². The number of hydrogen-bond donors (Lipinski definition) is 0. The van der Waals surface area contributed by atoms with Gasteiger partial charge in [0.15, 0.2) is 0 Å². The van der Waals surface area contributed by atoms with Crippen LogP contribution in [0.4, 0.5) is 0 Å².